The van der Waals surface area contributed by atoms with E-state index < -0.39 is 33.9 Å². The fourth-order valence-corrected chi connectivity index (χ4v) is 5.44. The minimum absolute atomic E-state index is 0.0100. The first-order chi connectivity index (χ1) is 20.0. The molecule has 220 valence electrons. The Morgan fingerprint density at radius 2 is 1.67 bits per heavy atom. The molecule has 0 aliphatic heterocycles. The first-order valence-electron chi connectivity index (χ1n) is 13.2. The number of nitrogens with zero attached hydrogens (tertiary/aromatic N) is 1. The zero-order valence-electron chi connectivity index (χ0n) is 23.2. The zero-order chi connectivity index (χ0) is 30.4. The Morgan fingerprint density at radius 1 is 0.976 bits per heavy atom. The summed E-state index contributed by atoms with van der Waals surface area (Å²) < 4.78 is 38.8. The van der Waals surface area contributed by atoms with E-state index >= 15 is 0 Å². The van der Waals surface area contributed by atoms with Gasteiger partial charge in [0.1, 0.15) is 11.9 Å². The summed E-state index contributed by atoms with van der Waals surface area (Å²) in [5, 5.41) is 3.96. The molecule has 3 aromatic carbocycles. The van der Waals surface area contributed by atoms with Crippen LogP contribution < -0.4 is 15.6 Å². The second-order valence-electron chi connectivity index (χ2n) is 9.30. The maximum atomic E-state index is 13.2. The number of amides is 1. The summed E-state index contributed by atoms with van der Waals surface area (Å²) in [6, 6.07) is 12.4. The summed E-state index contributed by atoms with van der Waals surface area (Å²) in [5.74, 6) is -1.35. The highest BCUT2D eigenvalue weighted by Gasteiger charge is 2.24. The lowest BCUT2D eigenvalue weighted by atomic mass is 10.1. The fraction of sp³-hybridized carbons (Fsp3) is 0.276. The first-order valence-corrected chi connectivity index (χ1v) is 14.7. The highest BCUT2D eigenvalue weighted by molar-refractivity contribution is 7.92. The molecule has 4 aromatic rings. The van der Waals surface area contributed by atoms with Crippen molar-refractivity contribution >= 4 is 55.2 Å². The van der Waals surface area contributed by atoms with E-state index in [0.717, 1.165) is 0 Å². The molecule has 1 heterocycles. The highest BCUT2D eigenvalue weighted by Crippen LogP contribution is 2.26. The second kappa shape index (κ2) is 12.8. The number of carbonyl (C=O) groups excluding carboxylic acids is 3. The Balaban J connectivity index is 1.51. The molecule has 42 heavy (non-hydrogen) atoms. The molecule has 0 saturated heterocycles. The number of carbonyl (C=O) groups is 3. The molecule has 0 bridgehead atoms. The van der Waals surface area contributed by atoms with Crippen molar-refractivity contribution in [2.45, 2.75) is 44.6 Å². The molecule has 4 rings (SSSR count). The largest absolute Gasteiger partial charge is 0.466 e. The van der Waals surface area contributed by atoms with E-state index in [0.29, 0.717) is 22.1 Å². The lowest BCUT2D eigenvalue weighted by molar-refractivity contribution is -0.146. The number of hydrogen-bond donors (Lipinski definition) is 3. The average molecular weight is 595 g/mol. The Morgan fingerprint density at radius 3 is 2.36 bits per heavy atom. The standard InChI is InChI=1S/C29H30N4O8S/c1-4-40-25(34)15-14-24(29(37)41-5-2)32-27(35)19-6-10-20(11-7-19)33-42(38,39)21-12-8-18-9-13-23-26(22(18)16-21)28(36)31-17(3)30-23/h6-13,16,24,33H,4-5,14-15H2,1-3H3,(H,32,35)(H,30,31,36)/t24-/m1/s1. The Labute approximate surface area is 241 Å². The topological polar surface area (TPSA) is 174 Å². The maximum Gasteiger partial charge on any atom is 0.328 e. The number of esters is 2. The van der Waals surface area contributed by atoms with Crippen molar-refractivity contribution in [1.82, 2.24) is 15.3 Å². The van der Waals surface area contributed by atoms with Gasteiger partial charge in [-0.2, -0.15) is 0 Å². The van der Waals surface area contributed by atoms with E-state index in [1.54, 1.807) is 39.0 Å². The molecular formula is C29H30N4O8S. The molecule has 1 atom stereocenters. The minimum atomic E-state index is -4.07. The van der Waals surface area contributed by atoms with Crippen molar-refractivity contribution < 1.29 is 32.3 Å². The van der Waals surface area contributed by atoms with Gasteiger partial charge in [0.05, 0.1) is 29.0 Å². The lowest BCUT2D eigenvalue weighted by Gasteiger charge is -2.17. The smallest absolute Gasteiger partial charge is 0.328 e. The van der Waals surface area contributed by atoms with Crippen molar-refractivity contribution in [1.29, 1.82) is 0 Å². The number of ether oxygens (including phenoxy) is 2. The van der Waals surface area contributed by atoms with Crippen molar-refractivity contribution in [3.05, 3.63) is 76.3 Å². The van der Waals surface area contributed by atoms with Gasteiger partial charge in [0, 0.05) is 17.7 Å². The molecule has 0 radical (unpaired) electrons. The van der Waals surface area contributed by atoms with E-state index in [1.165, 1.54) is 36.4 Å². The molecule has 3 N–H and O–H groups in total. The van der Waals surface area contributed by atoms with Crippen LogP contribution in [0.15, 0.2) is 64.3 Å². The molecule has 0 unspecified atom stereocenters. The van der Waals surface area contributed by atoms with E-state index in [9.17, 15) is 27.6 Å². The number of anilines is 1. The number of aryl methyl sites for hydroxylation is 1. The van der Waals surface area contributed by atoms with Crippen molar-refractivity contribution in [3.8, 4) is 0 Å². The van der Waals surface area contributed by atoms with Gasteiger partial charge in [0.25, 0.3) is 21.5 Å². The SMILES string of the molecule is CCOC(=O)CC[C@@H](NC(=O)c1ccc(NS(=O)(=O)c2ccc3ccc4nc(C)[nH]c(=O)c4c3c2)cc1)C(=O)OCC. The molecule has 0 fully saturated rings. The summed E-state index contributed by atoms with van der Waals surface area (Å²) in [5.41, 5.74) is 0.420. The van der Waals surface area contributed by atoms with Gasteiger partial charge in [-0.1, -0.05) is 12.1 Å². The third-order valence-corrected chi connectivity index (χ3v) is 7.69. The lowest BCUT2D eigenvalue weighted by Crippen LogP contribution is -2.42. The van der Waals surface area contributed by atoms with Crippen LogP contribution in [-0.4, -0.2) is 55.5 Å². The van der Waals surface area contributed by atoms with Crippen molar-refractivity contribution in [2.24, 2.45) is 0 Å². The summed E-state index contributed by atoms with van der Waals surface area (Å²) in [6.07, 6.45) is -0.0999. The number of hydrogen-bond acceptors (Lipinski definition) is 9. The maximum absolute atomic E-state index is 13.2. The van der Waals surface area contributed by atoms with Crippen molar-refractivity contribution in [2.75, 3.05) is 17.9 Å². The van der Waals surface area contributed by atoms with Crippen LogP contribution in [-0.2, 0) is 29.1 Å². The van der Waals surface area contributed by atoms with Gasteiger partial charge >= 0.3 is 11.9 Å². The van der Waals surface area contributed by atoms with E-state index in [-0.39, 0.29) is 53.1 Å². The third-order valence-electron chi connectivity index (χ3n) is 6.31. The van der Waals surface area contributed by atoms with Crippen LogP contribution in [0.3, 0.4) is 0 Å². The van der Waals surface area contributed by atoms with Gasteiger partial charge < -0.3 is 19.8 Å². The van der Waals surface area contributed by atoms with Crippen LogP contribution in [0.1, 0.15) is 42.9 Å². The van der Waals surface area contributed by atoms with Gasteiger partial charge in [-0.25, -0.2) is 18.2 Å². The van der Waals surface area contributed by atoms with Gasteiger partial charge in [-0.15, -0.1) is 0 Å². The first kappa shape index (κ1) is 30.2. The molecule has 1 aromatic heterocycles. The van der Waals surface area contributed by atoms with Crippen LogP contribution in [0.5, 0.6) is 0 Å². The number of aromatic amines is 1. The normalized spacial score (nSPS) is 12.1. The molecule has 1 amide bonds. The number of sulfonamides is 1. The average Bonchev–Trinajstić information content (AvgIpc) is 2.94. The van der Waals surface area contributed by atoms with Crippen LogP contribution in [0.2, 0.25) is 0 Å². The van der Waals surface area contributed by atoms with Crippen LogP contribution in [0.4, 0.5) is 5.69 Å². The Hall–Kier alpha value is -4.78. The van der Waals surface area contributed by atoms with E-state index in [2.05, 4.69) is 20.0 Å². The highest BCUT2D eigenvalue weighted by atomic mass is 32.2. The summed E-state index contributed by atoms with van der Waals surface area (Å²) >= 11 is 0. The third kappa shape index (κ3) is 6.92. The van der Waals surface area contributed by atoms with Crippen molar-refractivity contribution in [3.63, 3.8) is 0 Å². The van der Waals surface area contributed by atoms with Gasteiger partial charge in [-0.05, 0) is 80.4 Å². The molecule has 13 heteroatoms. The summed E-state index contributed by atoms with van der Waals surface area (Å²) in [6.45, 7) is 5.24. The molecule has 0 spiro atoms. The van der Waals surface area contributed by atoms with Crippen LogP contribution in [0.25, 0.3) is 21.7 Å². The predicted octanol–water partition coefficient (Wildman–Crippen LogP) is 3.19. The van der Waals surface area contributed by atoms with Crippen LogP contribution in [0, 0.1) is 6.92 Å². The monoisotopic (exact) mass is 594 g/mol. The Bertz CT molecular complexity index is 1820. The minimum Gasteiger partial charge on any atom is -0.466 e. The molecule has 0 aliphatic carbocycles. The predicted molar refractivity (Wildman–Crippen MR) is 156 cm³/mol. The van der Waals surface area contributed by atoms with Crippen LogP contribution >= 0.6 is 0 Å². The Kier molecular flexibility index (Phi) is 9.21. The molecule has 0 saturated carbocycles. The molecule has 0 aliphatic rings. The number of aromatic nitrogens is 2. The number of benzene rings is 3. The molecule has 12 nitrogen and oxygen atoms in total. The number of nitrogens with one attached hydrogen (secondary N) is 3. The van der Waals surface area contributed by atoms with E-state index in [4.69, 9.17) is 9.47 Å². The van der Waals surface area contributed by atoms with Gasteiger partial charge in [0.15, 0.2) is 0 Å². The number of fused-ring (bicyclic) bond motifs is 3. The van der Waals surface area contributed by atoms with Gasteiger partial charge in [-0.3, -0.25) is 19.1 Å². The van der Waals surface area contributed by atoms with E-state index in [1.807, 2.05) is 0 Å². The summed E-state index contributed by atoms with van der Waals surface area (Å²) in [4.78, 5) is 56.4. The number of H-pyrrole nitrogens is 1. The second-order valence-corrected chi connectivity index (χ2v) is 11.0. The fourth-order valence-electron chi connectivity index (χ4n) is 4.35. The number of rotatable bonds is 11. The summed E-state index contributed by atoms with van der Waals surface area (Å²) in [7, 11) is -4.07. The molecular weight excluding hydrogens is 564 g/mol. The van der Waals surface area contributed by atoms with Gasteiger partial charge in [0.2, 0.25) is 0 Å². The zero-order valence-corrected chi connectivity index (χ0v) is 24.0. The quantitative estimate of drug-likeness (QED) is 0.174.